The van der Waals surface area contributed by atoms with Gasteiger partial charge < -0.3 is 10.2 Å². The molecule has 0 aliphatic carbocycles. The van der Waals surface area contributed by atoms with Crippen molar-refractivity contribution >= 4 is 21.5 Å². The van der Waals surface area contributed by atoms with Gasteiger partial charge in [-0.15, -0.1) is 0 Å². The summed E-state index contributed by atoms with van der Waals surface area (Å²) in [5.41, 5.74) is 2.38. The topological polar surface area (TPSA) is 40.5 Å². The Balaban J connectivity index is 2.42. The van der Waals surface area contributed by atoms with Crippen molar-refractivity contribution in [1.82, 2.24) is 0 Å². The van der Waals surface area contributed by atoms with Crippen molar-refractivity contribution in [3.8, 4) is 0 Å². The molecule has 0 saturated carbocycles. The molecule has 0 spiro atoms. The molecule has 2 atom stereocenters. The normalized spacial score (nSPS) is 14.4. The summed E-state index contributed by atoms with van der Waals surface area (Å²) in [7, 11) is 0. The van der Waals surface area contributed by atoms with Crippen LogP contribution in [0.4, 0.5) is 0 Å². The highest BCUT2D eigenvalue weighted by atomic mass is 16.3. The molecule has 2 nitrogen and oxygen atoms in total. The van der Waals surface area contributed by atoms with Gasteiger partial charge in [0, 0.05) is 0 Å². The maximum Gasteiger partial charge on any atom is 0.0552 e. The second-order valence-electron chi connectivity index (χ2n) is 6.15. The maximum atomic E-state index is 9.90. The highest BCUT2D eigenvalue weighted by Crippen LogP contribution is 2.34. The smallest absolute Gasteiger partial charge is 0.0552 e. The molecule has 2 heteroatoms. The first kappa shape index (κ1) is 15.0. The summed E-state index contributed by atoms with van der Waals surface area (Å²) in [5, 5.41) is 24.5. The van der Waals surface area contributed by atoms with Gasteiger partial charge in [-0.25, -0.2) is 0 Å². The van der Waals surface area contributed by atoms with E-state index in [1.165, 1.54) is 32.7 Å². The zero-order valence-corrected chi connectivity index (χ0v) is 13.1. The predicted molar refractivity (Wildman–Crippen MR) is 92.2 cm³/mol. The molecule has 3 aromatic carbocycles. The van der Waals surface area contributed by atoms with Crippen molar-refractivity contribution < 1.29 is 10.2 Å². The molecule has 0 radical (unpaired) electrons. The molecule has 0 bridgehead atoms. The van der Waals surface area contributed by atoms with E-state index in [1.807, 2.05) is 38.1 Å². The van der Waals surface area contributed by atoms with Gasteiger partial charge in [0.1, 0.15) is 0 Å². The number of fused-ring (bicyclic) bond motifs is 2. The lowest BCUT2D eigenvalue weighted by Gasteiger charge is -2.18. The Morgan fingerprint density at radius 2 is 0.909 bits per heavy atom. The summed E-state index contributed by atoms with van der Waals surface area (Å²) in [6.07, 6.45) is 0.509. The van der Waals surface area contributed by atoms with Gasteiger partial charge in [0.25, 0.3) is 0 Å². The van der Waals surface area contributed by atoms with Gasteiger partial charge in [0.05, 0.1) is 12.2 Å². The van der Waals surface area contributed by atoms with E-state index in [0.717, 1.165) is 0 Å². The molecule has 3 rings (SSSR count). The number of aliphatic hydroxyl groups excluding tert-OH is 2. The van der Waals surface area contributed by atoms with Crippen LogP contribution < -0.4 is 0 Å². The lowest BCUT2D eigenvalue weighted by molar-refractivity contribution is 0.195. The van der Waals surface area contributed by atoms with Crippen LogP contribution in [0.5, 0.6) is 0 Å². The van der Waals surface area contributed by atoms with E-state index in [1.54, 1.807) is 0 Å². The Labute approximate surface area is 131 Å². The molecular weight excluding hydrogens is 272 g/mol. The van der Waals surface area contributed by atoms with Crippen LogP contribution in [-0.2, 0) is 12.8 Å². The number of rotatable bonds is 4. The Bertz CT molecular complexity index is 678. The fraction of sp³-hybridized carbons (Fsp3) is 0.300. The number of aliphatic hydroxyl groups is 2. The van der Waals surface area contributed by atoms with Crippen molar-refractivity contribution in [1.29, 1.82) is 0 Å². The highest BCUT2D eigenvalue weighted by molar-refractivity contribution is 6.05. The van der Waals surface area contributed by atoms with Gasteiger partial charge in [-0.1, -0.05) is 48.5 Å². The molecule has 0 aliphatic rings. The third-order valence-electron chi connectivity index (χ3n) is 4.15. The minimum atomic E-state index is -0.380. The summed E-state index contributed by atoms with van der Waals surface area (Å²) in [4.78, 5) is 0. The van der Waals surface area contributed by atoms with Gasteiger partial charge in [0.15, 0.2) is 0 Å². The lowest BCUT2D eigenvalue weighted by atomic mass is 9.87. The van der Waals surface area contributed by atoms with Crippen molar-refractivity contribution in [2.75, 3.05) is 0 Å². The van der Waals surface area contributed by atoms with E-state index < -0.39 is 0 Å². The molecule has 3 aromatic rings. The predicted octanol–water partition coefficient (Wildman–Crippen LogP) is 3.84. The summed E-state index contributed by atoms with van der Waals surface area (Å²) in [5.74, 6) is 0. The molecule has 0 heterocycles. The second kappa shape index (κ2) is 6.07. The van der Waals surface area contributed by atoms with Crippen LogP contribution in [0.15, 0.2) is 48.5 Å². The molecule has 0 fully saturated rings. The third-order valence-corrected chi connectivity index (χ3v) is 4.15. The van der Waals surface area contributed by atoms with Gasteiger partial charge in [0.2, 0.25) is 0 Å². The van der Waals surface area contributed by atoms with Gasteiger partial charge in [-0.05, 0) is 59.4 Å². The third kappa shape index (κ3) is 2.72. The molecule has 2 unspecified atom stereocenters. The monoisotopic (exact) mass is 294 g/mol. The summed E-state index contributed by atoms with van der Waals surface area (Å²) >= 11 is 0. The van der Waals surface area contributed by atoms with Crippen LogP contribution in [-0.4, -0.2) is 22.4 Å². The van der Waals surface area contributed by atoms with Gasteiger partial charge in [-0.3, -0.25) is 0 Å². The molecule has 0 saturated heterocycles. The van der Waals surface area contributed by atoms with Crippen molar-refractivity contribution in [2.45, 2.75) is 38.9 Å². The number of hydrogen-bond acceptors (Lipinski definition) is 2. The highest BCUT2D eigenvalue weighted by Gasteiger charge is 2.15. The first-order valence-electron chi connectivity index (χ1n) is 7.85. The Kier molecular flexibility index (Phi) is 4.14. The van der Waals surface area contributed by atoms with E-state index in [9.17, 15) is 10.2 Å². The summed E-state index contributed by atoms with van der Waals surface area (Å²) in [6, 6.07) is 16.6. The second-order valence-corrected chi connectivity index (χ2v) is 6.15. The average molecular weight is 294 g/mol. The Hall–Kier alpha value is -1.90. The first-order valence-corrected chi connectivity index (χ1v) is 7.85. The lowest BCUT2D eigenvalue weighted by Crippen LogP contribution is -2.09. The van der Waals surface area contributed by atoms with E-state index in [4.69, 9.17) is 0 Å². The van der Waals surface area contributed by atoms with Crippen molar-refractivity contribution in [3.05, 3.63) is 59.7 Å². The maximum absolute atomic E-state index is 9.90. The minimum Gasteiger partial charge on any atom is -0.393 e. The van der Waals surface area contributed by atoms with Crippen LogP contribution >= 0.6 is 0 Å². The zero-order valence-electron chi connectivity index (χ0n) is 13.1. The standard InChI is InChI=1S/C20H22O2/c1-13(21)11-19-15-7-3-5-9-17(15)20(12-14(2)22)18-10-6-4-8-16(18)19/h3-10,13-14,21-22H,11-12H2,1-2H3. The fourth-order valence-electron chi connectivity index (χ4n) is 3.34. The zero-order chi connectivity index (χ0) is 15.7. The molecule has 114 valence electrons. The van der Waals surface area contributed by atoms with Crippen molar-refractivity contribution in [3.63, 3.8) is 0 Å². The number of hydrogen-bond donors (Lipinski definition) is 2. The quantitative estimate of drug-likeness (QED) is 0.718. The van der Waals surface area contributed by atoms with Crippen LogP contribution in [0.1, 0.15) is 25.0 Å². The Morgan fingerprint density at radius 1 is 0.636 bits per heavy atom. The minimum absolute atomic E-state index is 0.380. The van der Waals surface area contributed by atoms with Crippen LogP contribution in [0.3, 0.4) is 0 Å². The van der Waals surface area contributed by atoms with E-state index in [0.29, 0.717) is 12.8 Å². The largest absolute Gasteiger partial charge is 0.393 e. The Morgan fingerprint density at radius 3 is 1.14 bits per heavy atom. The van der Waals surface area contributed by atoms with Gasteiger partial charge >= 0.3 is 0 Å². The van der Waals surface area contributed by atoms with E-state index in [2.05, 4.69) is 24.3 Å². The first-order chi connectivity index (χ1) is 10.6. The fourth-order valence-corrected chi connectivity index (χ4v) is 3.34. The van der Waals surface area contributed by atoms with E-state index >= 15 is 0 Å². The van der Waals surface area contributed by atoms with Crippen molar-refractivity contribution in [2.24, 2.45) is 0 Å². The van der Waals surface area contributed by atoms with Gasteiger partial charge in [-0.2, -0.15) is 0 Å². The molecule has 0 aliphatic heterocycles. The SMILES string of the molecule is CC(O)Cc1c2ccccc2c(CC(C)O)c2ccccc12. The number of benzene rings is 3. The van der Waals surface area contributed by atoms with E-state index in [-0.39, 0.29) is 12.2 Å². The molecule has 2 N–H and O–H groups in total. The molecule has 22 heavy (non-hydrogen) atoms. The molecule has 0 amide bonds. The summed E-state index contributed by atoms with van der Waals surface area (Å²) in [6.45, 7) is 3.65. The summed E-state index contributed by atoms with van der Waals surface area (Å²) < 4.78 is 0. The molecule has 0 aromatic heterocycles. The average Bonchev–Trinajstić information content (AvgIpc) is 2.50. The van der Waals surface area contributed by atoms with Crippen LogP contribution in [0, 0.1) is 0 Å². The van der Waals surface area contributed by atoms with Crippen LogP contribution in [0.2, 0.25) is 0 Å². The molecular formula is C20H22O2. The van der Waals surface area contributed by atoms with Crippen LogP contribution in [0.25, 0.3) is 21.5 Å².